The predicted molar refractivity (Wildman–Crippen MR) is 74.0 cm³/mol. The van der Waals surface area contributed by atoms with Crippen molar-refractivity contribution in [3.8, 4) is 0 Å². The van der Waals surface area contributed by atoms with Crippen LogP contribution in [0.25, 0.3) is 0 Å². The summed E-state index contributed by atoms with van der Waals surface area (Å²) in [5.74, 6) is 1.77. The Labute approximate surface area is 107 Å². The van der Waals surface area contributed by atoms with E-state index in [1.54, 1.807) is 0 Å². The Morgan fingerprint density at radius 1 is 1.12 bits per heavy atom. The first-order valence-corrected chi connectivity index (χ1v) is 7.58. The van der Waals surface area contributed by atoms with Gasteiger partial charge in [-0.1, -0.05) is 33.1 Å². The number of hydrogen-bond acceptors (Lipinski definition) is 2. The molecule has 0 radical (unpaired) electrons. The second-order valence-electron chi connectivity index (χ2n) is 6.74. The van der Waals surface area contributed by atoms with Crippen molar-refractivity contribution in [3.05, 3.63) is 0 Å². The van der Waals surface area contributed by atoms with Crippen LogP contribution >= 0.6 is 0 Å². The van der Waals surface area contributed by atoms with Crippen molar-refractivity contribution in [2.24, 2.45) is 23.0 Å². The van der Waals surface area contributed by atoms with Gasteiger partial charge in [0.25, 0.3) is 0 Å². The second kappa shape index (κ2) is 5.71. The molecule has 2 unspecified atom stereocenters. The molecular formula is C15H30N2. The molecule has 0 amide bonds. The summed E-state index contributed by atoms with van der Waals surface area (Å²) in [7, 11) is 0. The highest BCUT2D eigenvalue weighted by Crippen LogP contribution is 2.37. The van der Waals surface area contributed by atoms with Crippen LogP contribution in [0.5, 0.6) is 0 Å². The Balaban J connectivity index is 1.90. The molecule has 2 atom stereocenters. The minimum Gasteiger partial charge on any atom is -0.330 e. The largest absolute Gasteiger partial charge is 0.330 e. The molecule has 1 aliphatic carbocycles. The van der Waals surface area contributed by atoms with Crippen LogP contribution in [0, 0.1) is 17.3 Å². The highest BCUT2D eigenvalue weighted by molar-refractivity contribution is 4.88. The minimum absolute atomic E-state index is 0.457. The fourth-order valence-corrected chi connectivity index (χ4v) is 3.70. The van der Waals surface area contributed by atoms with Crippen molar-refractivity contribution in [2.45, 2.75) is 52.4 Å². The lowest BCUT2D eigenvalue weighted by atomic mass is 9.73. The van der Waals surface area contributed by atoms with Gasteiger partial charge in [-0.25, -0.2) is 0 Å². The maximum Gasteiger partial charge on any atom is 0.00502 e. The van der Waals surface area contributed by atoms with Crippen molar-refractivity contribution in [1.82, 2.24) is 4.90 Å². The zero-order valence-corrected chi connectivity index (χ0v) is 11.8. The van der Waals surface area contributed by atoms with E-state index in [4.69, 9.17) is 5.73 Å². The van der Waals surface area contributed by atoms with Gasteiger partial charge in [0.05, 0.1) is 0 Å². The minimum atomic E-state index is 0.457. The van der Waals surface area contributed by atoms with Crippen molar-refractivity contribution in [1.29, 1.82) is 0 Å². The van der Waals surface area contributed by atoms with Gasteiger partial charge in [0.2, 0.25) is 0 Å². The molecule has 1 saturated heterocycles. The third-order valence-electron chi connectivity index (χ3n) is 5.32. The lowest BCUT2D eigenvalue weighted by Crippen LogP contribution is -2.48. The maximum atomic E-state index is 6.09. The molecule has 0 spiro atoms. The SMILES string of the molecule is CC1CCN(CC2(CN)CCCCC2)CC1C. The van der Waals surface area contributed by atoms with Gasteiger partial charge < -0.3 is 10.6 Å². The summed E-state index contributed by atoms with van der Waals surface area (Å²) >= 11 is 0. The Hall–Kier alpha value is -0.0800. The Morgan fingerprint density at radius 3 is 2.41 bits per heavy atom. The third-order valence-corrected chi connectivity index (χ3v) is 5.32. The second-order valence-corrected chi connectivity index (χ2v) is 6.74. The molecule has 2 rings (SSSR count). The zero-order chi connectivity index (χ0) is 12.3. The summed E-state index contributed by atoms with van der Waals surface area (Å²) in [5, 5.41) is 0. The Morgan fingerprint density at radius 2 is 1.82 bits per heavy atom. The molecule has 1 saturated carbocycles. The molecule has 17 heavy (non-hydrogen) atoms. The van der Waals surface area contributed by atoms with Gasteiger partial charge in [-0.3, -0.25) is 0 Å². The lowest BCUT2D eigenvalue weighted by molar-refractivity contribution is 0.0644. The quantitative estimate of drug-likeness (QED) is 0.819. The fraction of sp³-hybridized carbons (Fsp3) is 1.00. The standard InChI is InChI=1S/C15H30N2/c1-13-6-9-17(10-14(13)2)12-15(11-16)7-4-3-5-8-15/h13-14H,3-12,16H2,1-2H3. The Kier molecular flexibility index (Phi) is 4.48. The average Bonchev–Trinajstić information content (AvgIpc) is 2.35. The van der Waals surface area contributed by atoms with E-state index in [1.807, 2.05) is 0 Å². The van der Waals surface area contributed by atoms with Gasteiger partial charge in [-0.2, -0.15) is 0 Å². The van der Waals surface area contributed by atoms with E-state index in [2.05, 4.69) is 18.7 Å². The molecule has 0 aromatic carbocycles. The summed E-state index contributed by atoms with van der Waals surface area (Å²) in [6.45, 7) is 9.57. The van der Waals surface area contributed by atoms with Gasteiger partial charge >= 0.3 is 0 Å². The highest BCUT2D eigenvalue weighted by Gasteiger charge is 2.34. The number of rotatable bonds is 3. The van der Waals surface area contributed by atoms with Gasteiger partial charge in [0.1, 0.15) is 0 Å². The van der Waals surface area contributed by atoms with Crippen LogP contribution in [0.1, 0.15) is 52.4 Å². The van der Waals surface area contributed by atoms with Crippen molar-refractivity contribution < 1.29 is 0 Å². The predicted octanol–water partition coefficient (Wildman–Crippen LogP) is 2.87. The molecule has 0 aromatic heterocycles. The van der Waals surface area contributed by atoms with Gasteiger partial charge in [0.15, 0.2) is 0 Å². The zero-order valence-electron chi connectivity index (χ0n) is 11.8. The maximum absolute atomic E-state index is 6.09. The normalized spacial score (nSPS) is 34.8. The van der Waals surface area contributed by atoms with Gasteiger partial charge in [-0.05, 0) is 49.6 Å². The number of piperidine rings is 1. The number of nitrogens with two attached hydrogens (primary N) is 1. The molecule has 0 aromatic rings. The van der Waals surface area contributed by atoms with Crippen LogP contribution in [0.15, 0.2) is 0 Å². The topological polar surface area (TPSA) is 29.3 Å². The van der Waals surface area contributed by atoms with E-state index in [9.17, 15) is 0 Å². The highest BCUT2D eigenvalue weighted by atomic mass is 15.1. The van der Waals surface area contributed by atoms with Crippen LogP contribution in [-0.4, -0.2) is 31.1 Å². The number of hydrogen-bond donors (Lipinski definition) is 1. The summed E-state index contributed by atoms with van der Waals surface area (Å²) in [5.41, 5.74) is 6.55. The third kappa shape index (κ3) is 3.23. The molecule has 0 bridgehead atoms. The van der Waals surface area contributed by atoms with Gasteiger partial charge in [0, 0.05) is 13.1 Å². The summed E-state index contributed by atoms with van der Waals surface area (Å²) < 4.78 is 0. The summed E-state index contributed by atoms with van der Waals surface area (Å²) in [4.78, 5) is 2.70. The van der Waals surface area contributed by atoms with E-state index < -0.39 is 0 Å². The Bertz CT molecular complexity index is 233. The van der Waals surface area contributed by atoms with Gasteiger partial charge in [-0.15, -0.1) is 0 Å². The molecule has 1 aliphatic heterocycles. The molecule has 2 nitrogen and oxygen atoms in total. The van der Waals surface area contributed by atoms with E-state index in [0.29, 0.717) is 5.41 Å². The lowest BCUT2D eigenvalue weighted by Gasteiger charge is -2.44. The van der Waals surface area contributed by atoms with Crippen LogP contribution in [0.2, 0.25) is 0 Å². The van der Waals surface area contributed by atoms with Crippen LogP contribution in [0.4, 0.5) is 0 Å². The monoisotopic (exact) mass is 238 g/mol. The van der Waals surface area contributed by atoms with Crippen molar-refractivity contribution in [3.63, 3.8) is 0 Å². The molecule has 1 heterocycles. The van der Waals surface area contributed by atoms with E-state index in [-0.39, 0.29) is 0 Å². The summed E-state index contributed by atoms with van der Waals surface area (Å²) in [6.07, 6.45) is 8.33. The smallest absolute Gasteiger partial charge is 0.00502 e. The first kappa shape index (κ1) is 13.4. The van der Waals surface area contributed by atoms with Crippen LogP contribution in [0.3, 0.4) is 0 Å². The van der Waals surface area contributed by atoms with Crippen molar-refractivity contribution in [2.75, 3.05) is 26.2 Å². The average molecular weight is 238 g/mol. The van der Waals surface area contributed by atoms with Crippen LogP contribution < -0.4 is 5.73 Å². The van der Waals surface area contributed by atoms with E-state index >= 15 is 0 Å². The molecule has 2 heteroatoms. The molecule has 100 valence electrons. The van der Waals surface area contributed by atoms with Crippen molar-refractivity contribution >= 4 is 0 Å². The molecular weight excluding hydrogens is 208 g/mol. The number of nitrogens with zero attached hydrogens (tertiary/aromatic N) is 1. The first-order valence-electron chi connectivity index (χ1n) is 7.58. The summed E-state index contributed by atoms with van der Waals surface area (Å²) in [6, 6.07) is 0. The van der Waals surface area contributed by atoms with Crippen LogP contribution in [-0.2, 0) is 0 Å². The van der Waals surface area contributed by atoms with E-state index in [1.165, 1.54) is 58.2 Å². The van der Waals surface area contributed by atoms with E-state index in [0.717, 1.165) is 18.4 Å². The number of likely N-dealkylation sites (tertiary alicyclic amines) is 1. The molecule has 2 aliphatic rings. The fourth-order valence-electron chi connectivity index (χ4n) is 3.70. The molecule has 2 N–H and O–H groups in total. The molecule has 2 fully saturated rings. The first-order chi connectivity index (χ1) is 8.15.